The number of pyridine rings is 1. The Bertz CT molecular complexity index is 1240. The van der Waals surface area contributed by atoms with Gasteiger partial charge in [-0.05, 0) is 55.7 Å². The lowest BCUT2D eigenvalue weighted by atomic mass is 10.1. The van der Waals surface area contributed by atoms with Gasteiger partial charge >= 0.3 is 0 Å². The predicted molar refractivity (Wildman–Crippen MR) is 124 cm³/mol. The zero-order valence-electron chi connectivity index (χ0n) is 18.0. The second-order valence-corrected chi connectivity index (χ2v) is 7.52. The lowest BCUT2D eigenvalue weighted by Crippen LogP contribution is -2.20. The fourth-order valence-electron chi connectivity index (χ4n) is 3.81. The summed E-state index contributed by atoms with van der Waals surface area (Å²) < 4.78 is 7.85. The fraction of sp³-hybridized carbons (Fsp3) is 0.200. The van der Waals surface area contributed by atoms with Crippen molar-refractivity contribution in [1.82, 2.24) is 9.38 Å². The second kappa shape index (κ2) is 8.52. The van der Waals surface area contributed by atoms with Gasteiger partial charge in [-0.2, -0.15) is 0 Å². The normalized spacial score (nSPS) is 10.9. The average molecular weight is 415 g/mol. The number of nitrogens with one attached hydrogen (secondary N) is 1. The Morgan fingerprint density at radius 1 is 1.03 bits per heavy atom. The summed E-state index contributed by atoms with van der Waals surface area (Å²) in [7, 11) is 0. The van der Waals surface area contributed by atoms with Crippen molar-refractivity contribution in [3.63, 3.8) is 0 Å². The van der Waals surface area contributed by atoms with Gasteiger partial charge in [0.1, 0.15) is 22.9 Å². The van der Waals surface area contributed by atoms with Crippen LogP contribution in [-0.4, -0.2) is 21.9 Å². The molecule has 0 fully saturated rings. The van der Waals surface area contributed by atoms with Gasteiger partial charge in [-0.25, -0.2) is 4.98 Å². The Morgan fingerprint density at radius 3 is 2.45 bits per heavy atom. The highest BCUT2D eigenvalue weighted by atomic mass is 16.5. The molecule has 0 aliphatic carbocycles. The van der Waals surface area contributed by atoms with Gasteiger partial charge in [-0.15, -0.1) is 0 Å². The highest BCUT2D eigenvalue weighted by molar-refractivity contribution is 5.84. The summed E-state index contributed by atoms with van der Waals surface area (Å²) in [4.78, 5) is 16.2. The van der Waals surface area contributed by atoms with Gasteiger partial charge in [0.05, 0.1) is 0 Å². The Kier molecular flexibility index (Phi) is 5.62. The number of hydrogen-bond acceptors (Lipinski definition) is 4. The van der Waals surface area contributed by atoms with Gasteiger partial charge in [0.2, 0.25) is 0 Å². The number of carbonyl (C=O) groups is 1. The third-order valence-corrected chi connectivity index (χ3v) is 5.32. The van der Waals surface area contributed by atoms with Gasteiger partial charge in [0.25, 0.3) is 5.91 Å². The highest BCUT2D eigenvalue weighted by Gasteiger charge is 2.20. The van der Waals surface area contributed by atoms with Crippen molar-refractivity contribution in [2.75, 3.05) is 11.9 Å². The molecule has 6 heteroatoms. The maximum Gasteiger partial charge on any atom is 0.255 e. The molecular weight excluding hydrogens is 388 g/mol. The van der Waals surface area contributed by atoms with Crippen LogP contribution in [0.25, 0.3) is 16.9 Å². The summed E-state index contributed by atoms with van der Waals surface area (Å²) in [6, 6.07) is 19.9. The van der Waals surface area contributed by atoms with Crippen molar-refractivity contribution >= 4 is 23.1 Å². The third-order valence-electron chi connectivity index (χ3n) is 5.32. The van der Waals surface area contributed by atoms with Crippen LogP contribution >= 0.6 is 0 Å². The van der Waals surface area contributed by atoms with E-state index in [0.717, 1.165) is 51.7 Å². The number of aromatic nitrogens is 2. The lowest BCUT2D eigenvalue weighted by Gasteiger charge is -2.16. The lowest BCUT2D eigenvalue weighted by molar-refractivity contribution is -0.119. The van der Waals surface area contributed by atoms with E-state index in [0.29, 0.717) is 5.75 Å². The van der Waals surface area contributed by atoms with Gasteiger partial charge in [-0.1, -0.05) is 43.3 Å². The van der Waals surface area contributed by atoms with E-state index in [1.54, 1.807) is 0 Å². The maximum atomic E-state index is 11.3. The molecule has 0 saturated heterocycles. The minimum absolute atomic E-state index is 0.190. The number of para-hydroxylation sites is 2. The zero-order valence-corrected chi connectivity index (χ0v) is 18.0. The number of hydrogen-bond donors (Lipinski definition) is 2. The number of amides is 1. The summed E-state index contributed by atoms with van der Waals surface area (Å²) in [6.45, 7) is 6.11. The van der Waals surface area contributed by atoms with Crippen LogP contribution in [-0.2, 0) is 11.2 Å². The average Bonchev–Trinajstić information content (AvgIpc) is 3.13. The molecule has 31 heavy (non-hydrogen) atoms. The number of anilines is 2. The molecule has 0 radical (unpaired) electrons. The van der Waals surface area contributed by atoms with Crippen LogP contribution in [0.2, 0.25) is 0 Å². The van der Waals surface area contributed by atoms with E-state index in [1.165, 1.54) is 0 Å². The van der Waals surface area contributed by atoms with Crippen LogP contribution in [0.3, 0.4) is 0 Å². The van der Waals surface area contributed by atoms with Crippen molar-refractivity contribution in [3.05, 3.63) is 77.5 Å². The Balaban J connectivity index is 1.95. The zero-order chi connectivity index (χ0) is 22.0. The van der Waals surface area contributed by atoms with Crippen LogP contribution in [0, 0.1) is 13.8 Å². The molecule has 4 aromatic rings. The molecule has 158 valence electrons. The first-order chi connectivity index (χ1) is 15.0. The molecule has 3 N–H and O–H groups in total. The molecule has 0 aliphatic heterocycles. The minimum atomic E-state index is -0.521. The first kappa shape index (κ1) is 20.5. The molecule has 6 nitrogen and oxygen atoms in total. The SMILES string of the molecule is CCc1cccc2nc(-c3ccccc3OCC(N)=O)c(Nc3c(C)cccc3C)n12. The molecule has 0 atom stereocenters. The minimum Gasteiger partial charge on any atom is -0.483 e. The molecule has 2 heterocycles. The summed E-state index contributed by atoms with van der Waals surface area (Å²) in [6.07, 6.45) is 0.856. The van der Waals surface area contributed by atoms with E-state index in [1.807, 2.05) is 36.4 Å². The number of imidazole rings is 1. The van der Waals surface area contributed by atoms with Crippen molar-refractivity contribution in [2.24, 2.45) is 5.73 Å². The topological polar surface area (TPSA) is 81.7 Å². The molecule has 1 amide bonds. The largest absolute Gasteiger partial charge is 0.483 e. The molecule has 2 aromatic carbocycles. The van der Waals surface area contributed by atoms with Crippen LogP contribution in [0.5, 0.6) is 5.75 Å². The van der Waals surface area contributed by atoms with E-state index in [2.05, 4.69) is 54.8 Å². The number of nitrogens with zero attached hydrogens (tertiary/aromatic N) is 2. The maximum absolute atomic E-state index is 11.3. The smallest absolute Gasteiger partial charge is 0.255 e. The summed E-state index contributed by atoms with van der Waals surface area (Å²) in [5.41, 5.74) is 12.2. The van der Waals surface area contributed by atoms with Crippen LogP contribution in [0.4, 0.5) is 11.5 Å². The van der Waals surface area contributed by atoms with Crippen molar-refractivity contribution in [2.45, 2.75) is 27.2 Å². The number of fused-ring (bicyclic) bond motifs is 1. The third kappa shape index (κ3) is 3.97. The first-order valence-electron chi connectivity index (χ1n) is 10.3. The molecule has 2 aromatic heterocycles. The van der Waals surface area contributed by atoms with Gasteiger partial charge in [0, 0.05) is 16.9 Å². The standard InChI is InChI=1S/C25H26N4O2/c1-4-18-11-8-14-22-27-24(19-12-5-6-13-20(19)31-15-21(26)30)25(29(18)22)28-23-16(2)9-7-10-17(23)3/h5-14,28H,4,15H2,1-3H3,(H2,26,30). The van der Waals surface area contributed by atoms with Crippen molar-refractivity contribution in [3.8, 4) is 17.0 Å². The monoisotopic (exact) mass is 414 g/mol. The van der Waals surface area contributed by atoms with E-state index >= 15 is 0 Å². The van der Waals surface area contributed by atoms with Crippen LogP contribution < -0.4 is 15.8 Å². The van der Waals surface area contributed by atoms with E-state index in [4.69, 9.17) is 15.5 Å². The quantitative estimate of drug-likeness (QED) is 0.456. The summed E-state index contributed by atoms with van der Waals surface area (Å²) in [5, 5.41) is 3.65. The number of benzene rings is 2. The van der Waals surface area contributed by atoms with Gasteiger partial charge in [0.15, 0.2) is 6.61 Å². The number of primary amides is 1. The van der Waals surface area contributed by atoms with Gasteiger partial charge in [-0.3, -0.25) is 9.20 Å². The predicted octanol–water partition coefficient (Wildman–Crippen LogP) is 4.79. The summed E-state index contributed by atoms with van der Waals surface area (Å²) in [5.74, 6) is 0.902. The van der Waals surface area contributed by atoms with Crippen molar-refractivity contribution in [1.29, 1.82) is 0 Å². The number of rotatable bonds is 7. The molecular formula is C25H26N4O2. The molecule has 0 unspecified atom stereocenters. The highest BCUT2D eigenvalue weighted by Crippen LogP contribution is 2.38. The van der Waals surface area contributed by atoms with E-state index in [-0.39, 0.29) is 6.61 Å². The number of ether oxygens (including phenoxy) is 1. The summed E-state index contributed by atoms with van der Waals surface area (Å²) >= 11 is 0. The molecule has 4 rings (SSSR count). The van der Waals surface area contributed by atoms with Crippen LogP contribution in [0.15, 0.2) is 60.7 Å². The Labute approximate surface area is 181 Å². The number of nitrogens with two attached hydrogens (primary N) is 1. The second-order valence-electron chi connectivity index (χ2n) is 7.52. The fourth-order valence-corrected chi connectivity index (χ4v) is 3.81. The Morgan fingerprint density at radius 2 is 1.74 bits per heavy atom. The van der Waals surface area contributed by atoms with Crippen molar-refractivity contribution < 1.29 is 9.53 Å². The number of aryl methyl sites for hydroxylation is 3. The first-order valence-corrected chi connectivity index (χ1v) is 10.3. The number of carbonyl (C=O) groups excluding carboxylic acids is 1. The molecule has 0 spiro atoms. The molecule has 0 saturated carbocycles. The van der Waals surface area contributed by atoms with E-state index in [9.17, 15) is 4.79 Å². The Hall–Kier alpha value is -3.80. The van der Waals surface area contributed by atoms with E-state index < -0.39 is 5.91 Å². The van der Waals surface area contributed by atoms with Crippen LogP contribution in [0.1, 0.15) is 23.7 Å². The molecule has 0 bridgehead atoms. The molecule has 0 aliphatic rings. The van der Waals surface area contributed by atoms with Gasteiger partial charge < -0.3 is 15.8 Å².